The molecule has 0 fully saturated rings. The second kappa shape index (κ2) is 5.57. The summed E-state index contributed by atoms with van der Waals surface area (Å²) in [5, 5.41) is 8.73. The van der Waals surface area contributed by atoms with Crippen LogP contribution in [0.5, 0.6) is 0 Å². The minimum absolute atomic E-state index is 0.215. The van der Waals surface area contributed by atoms with Crippen molar-refractivity contribution >= 4 is 29.4 Å². The first kappa shape index (κ1) is 13.2. The van der Waals surface area contributed by atoms with Gasteiger partial charge in [-0.1, -0.05) is 42.1 Å². The van der Waals surface area contributed by atoms with Gasteiger partial charge in [0.05, 0.1) is 0 Å². The normalized spacial score (nSPS) is 12.0. The molecule has 0 saturated heterocycles. The van der Waals surface area contributed by atoms with Crippen LogP contribution in [0.2, 0.25) is 0 Å². The highest BCUT2D eigenvalue weighted by Crippen LogP contribution is 2.34. The van der Waals surface area contributed by atoms with E-state index in [0.29, 0.717) is 5.56 Å². The van der Waals surface area contributed by atoms with Crippen molar-refractivity contribution in [3.8, 4) is 0 Å². The summed E-state index contributed by atoms with van der Waals surface area (Å²) in [7, 11) is 0. The van der Waals surface area contributed by atoms with Crippen molar-refractivity contribution in [3.63, 3.8) is 0 Å². The lowest BCUT2D eigenvalue weighted by molar-refractivity contribution is -0.136. The second-order valence-electron chi connectivity index (χ2n) is 3.75. The molecule has 1 heterocycles. The van der Waals surface area contributed by atoms with Crippen LogP contribution >= 0.6 is 11.8 Å². The first-order valence-corrected chi connectivity index (χ1v) is 6.28. The standard InChI is InChI=1S/C12H12N4O2S/c13-8-6-9(14)16-12(15-8)19-10(11(17)18)7-4-2-1-3-5-7/h1-6,10H,(H,17,18)(H4,13,14,15,16). The van der Waals surface area contributed by atoms with Gasteiger partial charge in [-0.2, -0.15) is 0 Å². The fraction of sp³-hybridized carbons (Fsp3) is 0.0833. The van der Waals surface area contributed by atoms with Crippen LogP contribution < -0.4 is 11.5 Å². The highest BCUT2D eigenvalue weighted by molar-refractivity contribution is 8.00. The van der Waals surface area contributed by atoms with Crippen LogP contribution in [0, 0.1) is 0 Å². The third kappa shape index (κ3) is 3.35. The molecule has 0 aliphatic carbocycles. The Kier molecular flexibility index (Phi) is 3.86. The number of anilines is 2. The Morgan fingerprint density at radius 2 is 1.74 bits per heavy atom. The maximum absolute atomic E-state index is 11.3. The number of thioether (sulfide) groups is 1. The van der Waals surface area contributed by atoms with E-state index in [4.69, 9.17) is 11.5 Å². The van der Waals surface area contributed by atoms with Crippen LogP contribution in [0.4, 0.5) is 11.6 Å². The van der Waals surface area contributed by atoms with Gasteiger partial charge in [0.2, 0.25) is 0 Å². The number of carboxylic acid groups (broad SMARTS) is 1. The summed E-state index contributed by atoms with van der Waals surface area (Å²) in [5.74, 6) is -0.541. The van der Waals surface area contributed by atoms with Crippen LogP contribution in [-0.2, 0) is 4.79 Å². The zero-order valence-corrected chi connectivity index (χ0v) is 10.7. The SMILES string of the molecule is Nc1cc(N)nc(SC(C(=O)O)c2ccccc2)n1. The van der Waals surface area contributed by atoms with Crippen molar-refractivity contribution in [1.29, 1.82) is 0 Å². The molecule has 2 rings (SSSR count). The monoisotopic (exact) mass is 276 g/mol. The molecule has 0 radical (unpaired) electrons. The van der Waals surface area contributed by atoms with Crippen LogP contribution in [-0.4, -0.2) is 21.0 Å². The third-order valence-corrected chi connectivity index (χ3v) is 3.40. The fourth-order valence-corrected chi connectivity index (χ4v) is 2.43. The molecule has 98 valence electrons. The molecule has 1 atom stereocenters. The Labute approximate surface area is 113 Å². The number of carboxylic acids is 1. The summed E-state index contributed by atoms with van der Waals surface area (Å²) in [6.07, 6.45) is 0. The number of benzene rings is 1. The molecule has 2 aromatic rings. The van der Waals surface area contributed by atoms with Crippen LogP contribution in [0.3, 0.4) is 0 Å². The van der Waals surface area contributed by atoms with E-state index in [1.807, 2.05) is 6.07 Å². The molecule has 1 aromatic heterocycles. The highest BCUT2D eigenvalue weighted by atomic mass is 32.2. The topological polar surface area (TPSA) is 115 Å². The predicted molar refractivity (Wildman–Crippen MR) is 73.5 cm³/mol. The molecule has 0 saturated carbocycles. The van der Waals surface area contributed by atoms with Crippen molar-refractivity contribution < 1.29 is 9.90 Å². The van der Waals surface area contributed by atoms with Crippen molar-refractivity contribution in [1.82, 2.24) is 9.97 Å². The fourth-order valence-electron chi connectivity index (χ4n) is 1.51. The predicted octanol–water partition coefficient (Wildman–Crippen LogP) is 1.56. The van der Waals surface area contributed by atoms with Crippen LogP contribution in [0.1, 0.15) is 10.8 Å². The highest BCUT2D eigenvalue weighted by Gasteiger charge is 2.22. The summed E-state index contributed by atoms with van der Waals surface area (Å²) < 4.78 is 0. The van der Waals surface area contributed by atoms with Crippen molar-refractivity contribution in [2.24, 2.45) is 0 Å². The smallest absolute Gasteiger partial charge is 0.321 e. The van der Waals surface area contributed by atoms with Gasteiger partial charge in [-0.15, -0.1) is 0 Å². The number of hydrogen-bond acceptors (Lipinski definition) is 6. The number of rotatable bonds is 4. The van der Waals surface area contributed by atoms with Gasteiger partial charge in [0.15, 0.2) is 5.16 Å². The molecule has 0 spiro atoms. The quantitative estimate of drug-likeness (QED) is 0.573. The van der Waals surface area contributed by atoms with E-state index in [-0.39, 0.29) is 16.8 Å². The Morgan fingerprint density at radius 1 is 1.16 bits per heavy atom. The molecule has 5 N–H and O–H groups in total. The Hall–Kier alpha value is -2.28. The first-order chi connectivity index (χ1) is 9.06. The summed E-state index contributed by atoms with van der Waals surface area (Å²) in [6.45, 7) is 0. The van der Waals surface area contributed by atoms with E-state index < -0.39 is 11.2 Å². The molecule has 1 aromatic carbocycles. The molecule has 0 bridgehead atoms. The number of aromatic nitrogens is 2. The minimum Gasteiger partial charge on any atom is -0.480 e. The average Bonchev–Trinajstić information content (AvgIpc) is 2.35. The molecule has 6 nitrogen and oxygen atoms in total. The number of nitrogens with two attached hydrogens (primary N) is 2. The molecule has 1 unspecified atom stereocenters. The maximum Gasteiger partial charge on any atom is 0.321 e. The summed E-state index contributed by atoms with van der Waals surface area (Å²) >= 11 is 0.996. The Morgan fingerprint density at radius 3 is 2.26 bits per heavy atom. The summed E-state index contributed by atoms with van der Waals surface area (Å²) in [4.78, 5) is 19.3. The van der Waals surface area contributed by atoms with E-state index in [9.17, 15) is 9.90 Å². The van der Waals surface area contributed by atoms with E-state index in [2.05, 4.69) is 9.97 Å². The maximum atomic E-state index is 11.3. The van der Waals surface area contributed by atoms with Crippen molar-refractivity contribution in [2.45, 2.75) is 10.4 Å². The van der Waals surface area contributed by atoms with Crippen molar-refractivity contribution in [2.75, 3.05) is 11.5 Å². The minimum atomic E-state index is -0.971. The summed E-state index contributed by atoms with van der Waals surface area (Å²) in [6, 6.07) is 10.3. The van der Waals surface area contributed by atoms with Gasteiger partial charge in [0.1, 0.15) is 16.9 Å². The van der Waals surface area contributed by atoms with E-state index in [1.54, 1.807) is 24.3 Å². The van der Waals surface area contributed by atoms with Gasteiger partial charge in [-0.3, -0.25) is 4.79 Å². The second-order valence-corrected chi connectivity index (χ2v) is 4.82. The number of carbonyl (C=O) groups is 1. The van der Waals surface area contributed by atoms with Crippen LogP contribution in [0.25, 0.3) is 0 Å². The van der Waals surface area contributed by atoms with E-state index >= 15 is 0 Å². The Bertz CT molecular complexity index is 571. The van der Waals surface area contributed by atoms with E-state index in [0.717, 1.165) is 11.8 Å². The average molecular weight is 276 g/mol. The number of hydrogen-bond donors (Lipinski definition) is 3. The zero-order chi connectivity index (χ0) is 13.8. The molecule has 0 amide bonds. The van der Waals surface area contributed by atoms with Gasteiger partial charge >= 0.3 is 5.97 Å². The molecule has 19 heavy (non-hydrogen) atoms. The third-order valence-electron chi connectivity index (χ3n) is 2.30. The molecular weight excluding hydrogens is 264 g/mol. The molecular formula is C12H12N4O2S. The molecule has 0 aliphatic heterocycles. The lowest BCUT2D eigenvalue weighted by Crippen LogP contribution is -2.09. The lowest BCUT2D eigenvalue weighted by atomic mass is 10.1. The lowest BCUT2D eigenvalue weighted by Gasteiger charge is -2.11. The number of aliphatic carboxylic acids is 1. The number of nitrogens with zero attached hydrogens (tertiary/aromatic N) is 2. The first-order valence-electron chi connectivity index (χ1n) is 5.40. The zero-order valence-electron chi connectivity index (χ0n) is 9.85. The van der Waals surface area contributed by atoms with Gasteiger partial charge < -0.3 is 16.6 Å². The van der Waals surface area contributed by atoms with E-state index in [1.165, 1.54) is 6.07 Å². The van der Waals surface area contributed by atoms with Gasteiger partial charge in [0.25, 0.3) is 0 Å². The van der Waals surface area contributed by atoms with Gasteiger partial charge in [0, 0.05) is 6.07 Å². The number of nitrogen functional groups attached to an aromatic ring is 2. The van der Waals surface area contributed by atoms with Gasteiger partial charge in [-0.05, 0) is 5.56 Å². The van der Waals surface area contributed by atoms with Gasteiger partial charge in [-0.25, -0.2) is 9.97 Å². The van der Waals surface area contributed by atoms with Crippen LogP contribution in [0.15, 0.2) is 41.6 Å². The van der Waals surface area contributed by atoms with Crippen molar-refractivity contribution in [3.05, 3.63) is 42.0 Å². The molecule has 7 heteroatoms. The Balaban J connectivity index is 2.29. The largest absolute Gasteiger partial charge is 0.480 e. The summed E-state index contributed by atoms with van der Waals surface area (Å²) in [5.41, 5.74) is 11.8. The molecule has 0 aliphatic rings.